The fourth-order valence-corrected chi connectivity index (χ4v) is 2.41. The number of anilines is 1. The summed E-state index contributed by atoms with van der Waals surface area (Å²) in [5.41, 5.74) is 4.88. The fraction of sp³-hybridized carbons (Fsp3) is 0.100. The molecule has 2 N–H and O–H groups in total. The Morgan fingerprint density at radius 1 is 1.03 bits per heavy atom. The molecule has 0 aliphatic heterocycles. The Labute approximate surface area is 164 Å². The van der Waals surface area contributed by atoms with Gasteiger partial charge in [-0.3, -0.25) is 0 Å². The van der Waals surface area contributed by atoms with E-state index >= 15 is 0 Å². The molecule has 0 radical (unpaired) electrons. The molecule has 0 bridgehead atoms. The van der Waals surface area contributed by atoms with Crippen molar-refractivity contribution in [2.24, 2.45) is 0 Å². The number of nitrogen functional groups attached to an aromatic ring is 1. The lowest BCUT2D eigenvalue weighted by molar-refractivity contribution is -0.137. The number of benzene rings is 1. The summed E-state index contributed by atoms with van der Waals surface area (Å²) in [7, 11) is 0. The zero-order chi connectivity index (χ0) is 20.9. The maximum Gasteiger partial charge on any atom is 0.417 e. The molecule has 3 rings (SSSR count). The second-order valence-electron chi connectivity index (χ2n) is 5.75. The van der Waals surface area contributed by atoms with Crippen LogP contribution in [0.5, 0.6) is 0 Å². The van der Waals surface area contributed by atoms with Crippen LogP contribution in [0.1, 0.15) is 18.4 Å². The van der Waals surface area contributed by atoms with Gasteiger partial charge in [-0.15, -0.1) is 10.2 Å². The van der Waals surface area contributed by atoms with Crippen molar-refractivity contribution in [1.82, 2.24) is 20.2 Å². The van der Waals surface area contributed by atoms with Crippen molar-refractivity contribution in [1.29, 1.82) is 0 Å². The fourth-order valence-electron chi connectivity index (χ4n) is 2.41. The van der Waals surface area contributed by atoms with Crippen molar-refractivity contribution < 1.29 is 17.6 Å². The molecule has 2 heterocycles. The Bertz CT molecular complexity index is 1080. The number of alkyl halides is 3. The highest BCUT2D eigenvalue weighted by Gasteiger charge is 2.34. The molecule has 0 unspecified atom stereocenters. The second kappa shape index (κ2) is 8.51. The Morgan fingerprint density at radius 3 is 2.55 bits per heavy atom. The van der Waals surface area contributed by atoms with Gasteiger partial charge in [-0.2, -0.15) is 13.2 Å². The van der Waals surface area contributed by atoms with Crippen LogP contribution < -0.4 is 5.73 Å². The normalized spacial score (nSPS) is 12.6. The summed E-state index contributed by atoms with van der Waals surface area (Å²) in [6, 6.07) is 5.08. The minimum absolute atomic E-state index is 0.00768. The third-order valence-electron chi connectivity index (χ3n) is 3.72. The topological polar surface area (TPSA) is 90.7 Å². The molecule has 1 aromatic carbocycles. The summed E-state index contributed by atoms with van der Waals surface area (Å²) in [5.74, 6) is 0.108. The van der Waals surface area contributed by atoms with E-state index in [1.807, 2.05) is 25.2 Å². The molecule has 148 valence electrons. The van der Waals surface area contributed by atoms with E-state index in [2.05, 4.69) is 20.2 Å². The third kappa shape index (κ3) is 4.75. The number of allylic oxidation sites excluding steroid dienone is 5. The van der Waals surface area contributed by atoms with Gasteiger partial charge in [0, 0.05) is 11.6 Å². The number of halogens is 3. The van der Waals surface area contributed by atoms with Gasteiger partial charge < -0.3 is 10.2 Å². The van der Waals surface area contributed by atoms with Gasteiger partial charge in [-0.1, -0.05) is 48.6 Å². The molecule has 0 aliphatic carbocycles. The van der Waals surface area contributed by atoms with Crippen molar-refractivity contribution in [2.75, 3.05) is 5.73 Å². The highest BCUT2D eigenvalue weighted by molar-refractivity contribution is 5.70. The first-order chi connectivity index (χ1) is 13.9. The maximum absolute atomic E-state index is 13.3. The van der Waals surface area contributed by atoms with E-state index in [1.165, 1.54) is 24.4 Å². The van der Waals surface area contributed by atoms with Crippen molar-refractivity contribution in [2.45, 2.75) is 13.1 Å². The summed E-state index contributed by atoms with van der Waals surface area (Å²) in [4.78, 5) is 8.13. The average Bonchev–Trinajstić information content (AvgIpc) is 3.16. The monoisotopic (exact) mass is 399 g/mol. The maximum atomic E-state index is 13.3. The van der Waals surface area contributed by atoms with Crippen LogP contribution in [0.25, 0.3) is 28.9 Å². The smallest absolute Gasteiger partial charge is 0.415 e. The van der Waals surface area contributed by atoms with Gasteiger partial charge in [0.1, 0.15) is 0 Å². The van der Waals surface area contributed by atoms with Gasteiger partial charge in [-0.05, 0) is 13.0 Å². The molecular formula is C20H16F3N5O. The van der Waals surface area contributed by atoms with Crippen LogP contribution in [-0.2, 0) is 6.18 Å². The molecule has 9 heteroatoms. The average molecular weight is 399 g/mol. The van der Waals surface area contributed by atoms with E-state index in [1.54, 1.807) is 18.2 Å². The second-order valence-corrected chi connectivity index (χ2v) is 5.75. The zero-order valence-corrected chi connectivity index (χ0v) is 15.3. The molecule has 2 aromatic heterocycles. The van der Waals surface area contributed by atoms with Crippen molar-refractivity contribution in [3.8, 4) is 22.8 Å². The Morgan fingerprint density at radius 2 is 1.79 bits per heavy atom. The van der Waals surface area contributed by atoms with Crippen molar-refractivity contribution in [3.05, 3.63) is 72.3 Å². The van der Waals surface area contributed by atoms with Crippen LogP contribution in [0.15, 0.2) is 65.3 Å². The van der Waals surface area contributed by atoms with Gasteiger partial charge in [0.15, 0.2) is 11.5 Å². The minimum atomic E-state index is -4.54. The number of rotatable bonds is 5. The number of hydrogen-bond donors (Lipinski definition) is 1. The number of nitrogens with zero attached hydrogens (tertiary/aromatic N) is 4. The molecule has 0 spiro atoms. The predicted molar refractivity (Wildman–Crippen MR) is 103 cm³/mol. The van der Waals surface area contributed by atoms with Crippen LogP contribution in [0, 0.1) is 0 Å². The SMILES string of the molecule is C\C=C/C=C\C=C\c1nnc(-c2nc(-c3ccccc3C(F)(F)F)cnc2N)o1. The molecule has 6 nitrogen and oxygen atoms in total. The lowest BCUT2D eigenvalue weighted by atomic mass is 10.0. The number of aromatic nitrogens is 4. The molecular weight excluding hydrogens is 383 g/mol. The first kappa shape index (κ1) is 20.0. The van der Waals surface area contributed by atoms with Crippen LogP contribution in [0.4, 0.5) is 19.0 Å². The molecule has 0 fully saturated rings. The predicted octanol–water partition coefficient (Wildman–Crippen LogP) is 4.94. The van der Waals surface area contributed by atoms with Crippen LogP contribution in [0.3, 0.4) is 0 Å². The largest absolute Gasteiger partial charge is 0.417 e. The standard InChI is InChI=1S/C20H16F3N5O/c1-2-3-4-5-6-11-16-27-28-19(29-16)17-18(24)25-12-15(26-17)13-9-7-8-10-14(13)20(21,22)23/h2-12H,1H3,(H2,24,25)/b3-2-,5-4-,11-6+. The molecule has 0 amide bonds. The van der Waals surface area contributed by atoms with Gasteiger partial charge in [0.25, 0.3) is 5.89 Å². The van der Waals surface area contributed by atoms with Gasteiger partial charge in [-0.25, -0.2) is 9.97 Å². The highest BCUT2D eigenvalue weighted by atomic mass is 19.4. The van der Waals surface area contributed by atoms with E-state index < -0.39 is 11.7 Å². The first-order valence-electron chi connectivity index (χ1n) is 8.49. The quantitative estimate of drug-likeness (QED) is 0.611. The van der Waals surface area contributed by atoms with Gasteiger partial charge >= 0.3 is 6.18 Å². The van der Waals surface area contributed by atoms with Gasteiger partial charge in [0.05, 0.1) is 17.5 Å². The van der Waals surface area contributed by atoms with Crippen molar-refractivity contribution in [3.63, 3.8) is 0 Å². The Balaban J connectivity index is 1.96. The highest BCUT2D eigenvalue weighted by Crippen LogP contribution is 2.37. The summed E-state index contributed by atoms with van der Waals surface area (Å²) in [6.07, 6.45) is 7.22. The molecule has 3 aromatic rings. The van der Waals surface area contributed by atoms with E-state index in [0.29, 0.717) is 0 Å². The van der Waals surface area contributed by atoms with Crippen LogP contribution >= 0.6 is 0 Å². The first-order valence-corrected chi connectivity index (χ1v) is 8.49. The molecule has 0 aliphatic rings. The molecule has 0 saturated heterocycles. The van der Waals surface area contributed by atoms with E-state index in [9.17, 15) is 13.2 Å². The zero-order valence-electron chi connectivity index (χ0n) is 15.3. The summed E-state index contributed by atoms with van der Waals surface area (Å²) < 4.78 is 45.4. The van der Waals surface area contributed by atoms with E-state index in [4.69, 9.17) is 10.2 Å². The lowest BCUT2D eigenvalue weighted by Crippen LogP contribution is -2.08. The number of nitrogens with two attached hydrogens (primary N) is 1. The Kier molecular flexibility index (Phi) is 5.87. The van der Waals surface area contributed by atoms with Crippen LogP contribution in [-0.4, -0.2) is 20.2 Å². The van der Waals surface area contributed by atoms with E-state index in [-0.39, 0.29) is 34.6 Å². The molecule has 0 atom stereocenters. The minimum Gasteiger partial charge on any atom is -0.415 e. The lowest BCUT2D eigenvalue weighted by Gasteiger charge is -2.12. The summed E-state index contributed by atoms with van der Waals surface area (Å²) in [6.45, 7) is 1.89. The van der Waals surface area contributed by atoms with E-state index in [0.717, 1.165) is 6.07 Å². The molecule has 0 saturated carbocycles. The van der Waals surface area contributed by atoms with Gasteiger partial charge in [0.2, 0.25) is 5.89 Å². The number of hydrogen-bond acceptors (Lipinski definition) is 6. The van der Waals surface area contributed by atoms with Crippen molar-refractivity contribution >= 4 is 11.9 Å². The van der Waals surface area contributed by atoms with Crippen LogP contribution in [0.2, 0.25) is 0 Å². The molecule has 29 heavy (non-hydrogen) atoms. The summed E-state index contributed by atoms with van der Waals surface area (Å²) in [5, 5.41) is 7.71. The Hall–Kier alpha value is -3.75. The summed E-state index contributed by atoms with van der Waals surface area (Å²) >= 11 is 0. The third-order valence-corrected chi connectivity index (χ3v) is 3.72.